The molecule has 0 radical (unpaired) electrons. The normalized spacial score (nSPS) is 14.1. The van der Waals surface area contributed by atoms with E-state index in [2.05, 4.69) is 24.3 Å². The van der Waals surface area contributed by atoms with Gasteiger partial charge in [-0.2, -0.15) is 0 Å². The van der Waals surface area contributed by atoms with E-state index in [0.29, 0.717) is 57.2 Å². The average Bonchev–Trinajstić information content (AvgIpc) is 4.19. The monoisotopic (exact) mass is 966 g/mol. The molecule has 0 saturated carbocycles. The smallest absolute Gasteiger partial charge is 0.496 e. The molecule has 2 aliphatic rings. The lowest BCUT2D eigenvalue weighted by Crippen LogP contribution is -2.50. The van der Waals surface area contributed by atoms with Gasteiger partial charge >= 0.3 is 13.9 Å². The first-order chi connectivity index (χ1) is 34.5. The maximum atomic E-state index is 18.3. The van der Waals surface area contributed by atoms with E-state index in [9.17, 15) is 0 Å². The van der Waals surface area contributed by atoms with Gasteiger partial charge in [-0.1, -0.05) is 24.3 Å². The first-order valence-electron chi connectivity index (χ1n) is 23.9. The van der Waals surface area contributed by atoms with Crippen LogP contribution in [0.2, 0.25) is 0 Å². The van der Waals surface area contributed by atoms with E-state index >= 15 is 17.3 Å². The van der Waals surface area contributed by atoms with Crippen LogP contribution in [0.25, 0.3) is 45.0 Å². The summed E-state index contributed by atoms with van der Waals surface area (Å²) >= 11 is 0. The van der Waals surface area contributed by atoms with Gasteiger partial charge in [0.15, 0.2) is 0 Å². The number of rotatable bonds is 10. The molecule has 72 heavy (non-hydrogen) atoms. The van der Waals surface area contributed by atoms with E-state index in [-0.39, 0.29) is 45.4 Å². The van der Waals surface area contributed by atoms with Gasteiger partial charge in [-0.25, -0.2) is 0 Å². The highest BCUT2D eigenvalue weighted by Crippen LogP contribution is 2.52. The molecule has 4 aromatic heterocycles. The summed E-state index contributed by atoms with van der Waals surface area (Å²) in [4.78, 5) is 0. The van der Waals surface area contributed by atoms with Gasteiger partial charge in [0.1, 0.15) is 34.8 Å². The predicted molar refractivity (Wildman–Crippen MR) is 279 cm³/mol. The van der Waals surface area contributed by atoms with Crippen molar-refractivity contribution < 1.29 is 36.2 Å². The highest BCUT2D eigenvalue weighted by Gasteiger charge is 2.50. The molecule has 11 rings (SSSR count). The van der Waals surface area contributed by atoms with E-state index in [0.717, 1.165) is 62.4 Å². The molecule has 0 bridgehead atoms. The zero-order valence-corrected chi connectivity index (χ0v) is 41.8. The highest BCUT2D eigenvalue weighted by atomic mass is 19.3. The van der Waals surface area contributed by atoms with E-state index in [1.165, 1.54) is 28.4 Å². The zero-order valence-electron chi connectivity index (χ0n) is 41.8. The molecule has 0 N–H and O–H groups in total. The highest BCUT2D eigenvalue weighted by molar-refractivity contribution is 6.65. The Hall–Kier alpha value is -7.99. The number of halogens is 4. The van der Waals surface area contributed by atoms with Gasteiger partial charge in [0.05, 0.1) is 62.3 Å². The first kappa shape index (κ1) is 46.4. The largest absolute Gasteiger partial charge is 0.535 e. The Kier molecular flexibility index (Phi) is 10.8. The van der Waals surface area contributed by atoms with Crippen LogP contribution in [0.4, 0.5) is 17.3 Å². The van der Waals surface area contributed by atoms with Crippen LogP contribution in [0.15, 0.2) is 133 Å². The van der Waals surface area contributed by atoms with Gasteiger partial charge in [-0.15, -0.1) is 0 Å². The molecule has 362 valence electrons. The molecule has 9 aromatic rings. The molecule has 0 unspecified atom stereocenters. The van der Waals surface area contributed by atoms with Crippen LogP contribution in [0.3, 0.4) is 0 Å². The topological polar surface area (TPSA) is 56.6 Å². The second kappa shape index (κ2) is 16.8. The number of ether oxygens (including phenoxy) is 4. The Morgan fingerprint density at radius 2 is 0.625 bits per heavy atom. The lowest BCUT2D eigenvalue weighted by atomic mass is 9.78. The predicted octanol–water partition coefficient (Wildman–Crippen LogP) is 13.7. The summed E-state index contributed by atoms with van der Waals surface area (Å²) in [5, 5.41) is 0. The molecule has 0 fully saturated rings. The fraction of sp³-hybridized carbons (Fsp3) is 0.172. The summed E-state index contributed by atoms with van der Waals surface area (Å²) in [6, 6.07) is 39.5. The van der Waals surface area contributed by atoms with Gasteiger partial charge < -0.3 is 54.1 Å². The number of benzene rings is 5. The molecule has 0 atom stereocenters. The van der Waals surface area contributed by atoms with Crippen LogP contribution >= 0.6 is 0 Å². The molecule has 2 aliphatic heterocycles. The van der Waals surface area contributed by atoms with Crippen molar-refractivity contribution in [1.82, 2.24) is 17.9 Å². The SMILES string of the molecule is COc1ccccc1-c1ccc2n1[B-](F)(F)n1c(-c3cc(OC)c(-c4ccc5n4[B-](F)(F)n4c(-c6ccccc6OC)ccc4[C+]5c4c(C)cc(C)cc4C)cc3OC)ccc1[C+]2c1c(C)cc(C)cc1C. The van der Waals surface area contributed by atoms with E-state index in [1.807, 2.05) is 41.5 Å². The summed E-state index contributed by atoms with van der Waals surface area (Å²) in [5.41, 5.74) is 11.3. The number of nitrogens with zero attached hydrogens (tertiary/aromatic N) is 4. The Morgan fingerprint density at radius 3 is 0.917 bits per heavy atom. The van der Waals surface area contributed by atoms with E-state index < -0.39 is 13.9 Å². The van der Waals surface area contributed by atoms with Crippen LogP contribution in [0.1, 0.15) is 67.3 Å². The van der Waals surface area contributed by atoms with Gasteiger partial charge in [0, 0.05) is 91.5 Å². The molecule has 0 aliphatic carbocycles. The third kappa shape index (κ3) is 6.67. The number of para-hydroxylation sites is 2. The van der Waals surface area contributed by atoms with Crippen LogP contribution in [-0.2, 0) is 0 Å². The Bertz CT molecular complexity index is 3380. The summed E-state index contributed by atoms with van der Waals surface area (Å²) in [6.07, 6.45) is 0. The Labute approximate surface area is 417 Å². The average molecular weight is 967 g/mol. The van der Waals surface area contributed by atoms with Gasteiger partial charge in [-0.3, -0.25) is 0 Å². The molecule has 8 nitrogen and oxygen atoms in total. The lowest BCUT2D eigenvalue weighted by Gasteiger charge is -2.41. The fourth-order valence-corrected chi connectivity index (χ4v) is 12.0. The third-order valence-corrected chi connectivity index (χ3v) is 14.6. The van der Waals surface area contributed by atoms with Crippen LogP contribution in [0.5, 0.6) is 23.0 Å². The quantitative estimate of drug-likeness (QED) is 0.0778. The van der Waals surface area contributed by atoms with Crippen LogP contribution in [0, 0.1) is 53.4 Å². The summed E-state index contributed by atoms with van der Waals surface area (Å²) in [7, 11) is 5.95. The third-order valence-electron chi connectivity index (χ3n) is 14.6. The summed E-state index contributed by atoms with van der Waals surface area (Å²) in [6.45, 7) is 2.77. The maximum absolute atomic E-state index is 18.3. The van der Waals surface area contributed by atoms with Gasteiger partial charge in [-0.05, 0) is 138 Å². The number of aromatic nitrogens is 4. The molecule has 0 spiro atoms. The van der Waals surface area contributed by atoms with Crippen LogP contribution < -0.4 is 18.9 Å². The number of aryl methyl sites for hydroxylation is 6. The second-order valence-electron chi connectivity index (χ2n) is 19.0. The molecule has 14 heteroatoms. The van der Waals surface area contributed by atoms with Crippen molar-refractivity contribution >= 4 is 13.9 Å². The number of methoxy groups -OCH3 is 4. The van der Waals surface area contributed by atoms with Crippen molar-refractivity contribution in [2.24, 2.45) is 0 Å². The Balaban J connectivity index is 1.13. The maximum Gasteiger partial charge on any atom is 0.535 e. The van der Waals surface area contributed by atoms with Gasteiger partial charge in [0.25, 0.3) is 0 Å². The molecule has 6 heterocycles. The molecular formula is C58H52B2F4N4O4. The fourth-order valence-electron chi connectivity index (χ4n) is 12.0. The minimum atomic E-state index is -4.64. The van der Waals surface area contributed by atoms with Crippen molar-refractivity contribution in [2.75, 3.05) is 28.4 Å². The molecule has 0 amide bonds. The van der Waals surface area contributed by atoms with Gasteiger partial charge in [0.2, 0.25) is 0 Å². The van der Waals surface area contributed by atoms with Crippen molar-refractivity contribution in [3.8, 4) is 68.0 Å². The minimum Gasteiger partial charge on any atom is -0.496 e. The minimum absolute atomic E-state index is 0.146. The molecule has 5 aromatic carbocycles. The summed E-state index contributed by atoms with van der Waals surface area (Å²) < 4.78 is 101. The number of fused-ring (bicyclic) bond motifs is 4. The standard InChI is InChI=1S/C58H52B2F4N4O4/c1-33-27-35(3)55(36(4)28-33)57-47-23-19-43(39-15-11-13-17-51(39)69-7)65(47)59(61,62)67-45(21-25-49(57)67)41-31-54(72-10)42(32-53(41)71-9)46-22-26-50-58(56-37(5)29-34(2)30-38(56)6)48-24-20-44(66(48)60(63,64)68(46)50)40-16-12-14-18-52(40)70-8/h11-32H,1-10H3. The number of hydrogen-bond acceptors (Lipinski definition) is 4. The van der Waals surface area contributed by atoms with Crippen molar-refractivity contribution in [1.29, 1.82) is 0 Å². The molecular weight excluding hydrogens is 914 g/mol. The first-order valence-corrected chi connectivity index (χ1v) is 23.9. The molecule has 0 saturated heterocycles. The zero-order chi connectivity index (χ0) is 50.7. The van der Waals surface area contributed by atoms with E-state index in [1.54, 1.807) is 109 Å². The summed E-state index contributed by atoms with van der Waals surface area (Å²) in [5.74, 6) is 2.54. The second-order valence-corrected chi connectivity index (χ2v) is 19.0. The van der Waals surface area contributed by atoms with Crippen LogP contribution in [-0.4, -0.2) is 60.3 Å². The van der Waals surface area contributed by atoms with Crippen molar-refractivity contribution in [3.05, 3.63) is 213 Å². The van der Waals surface area contributed by atoms with Crippen molar-refractivity contribution in [3.63, 3.8) is 0 Å². The Morgan fingerprint density at radius 1 is 0.347 bits per heavy atom. The van der Waals surface area contributed by atoms with E-state index in [4.69, 9.17) is 18.9 Å². The van der Waals surface area contributed by atoms with Crippen molar-refractivity contribution in [2.45, 2.75) is 41.5 Å². The number of hydrogen-bond donors (Lipinski definition) is 0. The lowest BCUT2D eigenvalue weighted by molar-refractivity contribution is 0.405.